The lowest BCUT2D eigenvalue weighted by Gasteiger charge is -2.28. The number of piperidine rings is 1. The van der Waals surface area contributed by atoms with Crippen molar-refractivity contribution in [3.05, 3.63) is 34.3 Å². The number of aromatic nitrogens is 2. The second-order valence-corrected chi connectivity index (χ2v) is 6.40. The lowest BCUT2D eigenvalue weighted by molar-refractivity contribution is -0.119. The highest BCUT2D eigenvalue weighted by atomic mass is 32.1. The Balaban J connectivity index is 1.84. The fourth-order valence-electron chi connectivity index (χ4n) is 2.67. The van der Waals surface area contributed by atoms with Gasteiger partial charge in [0.2, 0.25) is 5.91 Å². The highest BCUT2D eigenvalue weighted by Gasteiger charge is 2.22. The molecule has 1 aliphatic heterocycles. The van der Waals surface area contributed by atoms with Gasteiger partial charge in [0.25, 0.3) is 5.91 Å². The van der Waals surface area contributed by atoms with Gasteiger partial charge in [0, 0.05) is 24.3 Å². The molecule has 2 amide bonds. The molecule has 0 unspecified atom stereocenters. The van der Waals surface area contributed by atoms with Crippen molar-refractivity contribution in [2.75, 3.05) is 16.8 Å². The van der Waals surface area contributed by atoms with Crippen molar-refractivity contribution in [2.24, 2.45) is 0 Å². The molecule has 0 spiro atoms. The first kappa shape index (κ1) is 15.6. The maximum Gasteiger partial charge on any atom is 0.269 e. The second kappa shape index (κ2) is 6.45. The third-order valence-corrected chi connectivity index (χ3v) is 4.77. The van der Waals surface area contributed by atoms with Crippen LogP contribution in [0.25, 0.3) is 0 Å². The summed E-state index contributed by atoms with van der Waals surface area (Å²) in [6.45, 7) is 4.46. The first-order valence-electron chi connectivity index (χ1n) is 7.57. The highest BCUT2D eigenvalue weighted by Crippen LogP contribution is 2.28. The summed E-state index contributed by atoms with van der Waals surface area (Å²) in [6, 6.07) is 5.62. The fraction of sp³-hybridized carbons (Fsp3) is 0.375. The molecule has 0 atom stereocenters. The van der Waals surface area contributed by atoms with Crippen molar-refractivity contribution in [1.82, 2.24) is 9.59 Å². The second-order valence-electron chi connectivity index (χ2n) is 5.65. The smallest absolute Gasteiger partial charge is 0.269 e. The Kier molecular flexibility index (Phi) is 4.38. The van der Waals surface area contributed by atoms with Gasteiger partial charge in [-0.2, -0.15) is 0 Å². The number of carbonyl (C=O) groups excluding carboxylic acids is 2. The third kappa shape index (κ3) is 3.24. The van der Waals surface area contributed by atoms with E-state index in [0.717, 1.165) is 42.2 Å². The van der Waals surface area contributed by atoms with Gasteiger partial charge in [0.15, 0.2) is 0 Å². The molecule has 3 rings (SSSR count). The number of benzene rings is 1. The molecule has 0 radical (unpaired) electrons. The van der Waals surface area contributed by atoms with E-state index in [9.17, 15) is 9.59 Å². The van der Waals surface area contributed by atoms with E-state index in [0.29, 0.717) is 22.7 Å². The molecule has 23 heavy (non-hydrogen) atoms. The van der Waals surface area contributed by atoms with Crippen LogP contribution >= 0.6 is 11.5 Å². The van der Waals surface area contributed by atoms with Gasteiger partial charge in [-0.05, 0) is 55.9 Å². The zero-order chi connectivity index (χ0) is 16.4. The number of rotatable bonds is 3. The zero-order valence-electron chi connectivity index (χ0n) is 13.1. The average Bonchev–Trinajstić information content (AvgIpc) is 2.96. The van der Waals surface area contributed by atoms with Crippen LogP contribution in [-0.2, 0) is 4.79 Å². The predicted molar refractivity (Wildman–Crippen MR) is 90.0 cm³/mol. The largest absolute Gasteiger partial charge is 0.321 e. The van der Waals surface area contributed by atoms with Crippen molar-refractivity contribution in [2.45, 2.75) is 33.1 Å². The minimum atomic E-state index is -0.225. The van der Waals surface area contributed by atoms with Gasteiger partial charge in [-0.25, -0.2) is 0 Å². The quantitative estimate of drug-likeness (QED) is 0.939. The predicted octanol–water partition coefficient (Wildman–Crippen LogP) is 2.92. The van der Waals surface area contributed by atoms with Crippen LogP contribution in [0.1, 0.15) is 40.2 Å². The van der Waals surface area contributed by atoms with Crippen LogP contribution in [0.2, 0.25) is 0 Å². The third-order valence-electron chi connectivity index (χ3n) is 3.94. The van der Waals surface area contributed by atoms with E-state index in [1.54, 1.807) is 6.92 Å². The first-order valence-corrected chi connectivity index (χ1v) is 8.35. The van der Waals surface area contributed by atoms with Crippen molar-refractivity contribution >= 4 is 34.7 Å². The summed E-state index contributed by atoms with van der Waals surface area (Å²) >= 11 is 1.08. The topological polar surface area (TPSA) is 75.2 Å². The molecular formula is C16H18N4O2S. The Labute approximate surface area is 138 Å². The van der Waals surface area contributed by atoms with Gasteiger partial charge in [0.05, 0.1) is 5.69 Å². The van der Waals surface area contributed by atoms with Gasteiger partial charge in [-0.15, -0.1) is 5.10 Å². The summed E-state index contributed by atoms with van der Waals surface area (Å²) in [5.41, 5.74) is 3.17. The molecule has 1 aromatic heterocycles. The van der Waals surface area contributed by atoms with Crippen molar-refractivity contribution in [3.63, 3.8) is 0 Å². The number of hydrogen-bond donors (Lipinski definition) is 1. The molecule has 1 aliphatic rings. The summed E-state index contributed by atoms with van der Waals surface area (Å²) in [5, 5.41) is 6.71. The SMILES string of the molecule is Cc1ccc(NC(=O)c2snnc2C)cc1N1CCCCC1=O. The lowest BCUT2D eigenvalue weighted by Crippen LogP contribution is -2.35. The maximum atomic E-state index is 12.3. The molecule has 6 nitrogen and oxygen atoms in total. The van der Waals surface area contributed by atoms with Crippen LogP contribution in [0.15, 0.2) is 18.2 Å². The van der Waals surface area contributed by atoms with E-state index in [1.165, 1.54) is 0 Å². The molecule has 0 aliphatic carbocycles. The monoisotopic (exact) mass is 330 g/mol. The van der Waals surface area contributed by atoms with Crippen LogP contribution < -0.4 is 10.2 Å². The zero-order valence-corrected chi connectivity index (χ0v) is 13.9. The molecule has 7 heteroatoms. The standard InChI is InChI=1S/C16H18N4O2S/c1-10-6-7-12(17-16(22)15-11(2)18-19-23-15)9-13(10)20-8-4-3-5-14(20)21/h6-7,9H,3-5,8H2,1-2H3,(H,17,22). The molecular weight excluding hydrogens is 312 g/mol. The van der Waals surface area contributed by atoms with Gasteiger partial charge in [0.1, 0.15) is 4.88 Å². The van der Waals surface area contributed by atoms with Gasteiger partial charge in [-0.3, -0.25) is 9.59 Å². The van der Waals surface area contributed by atoms with Crippen LogP contribution in [0.5, 0.6) is 0 Å². The minimum absolute atomic E-state index is 0.144. The maximum absolute atomic E-state index is 12.3. The van der Waals surface area contributed by atoms with Crippen LogP contribution in [-0.4, -0.2) is 27.9 Å². The number of anilines is 2. The first-order chi connectivity index (χ1) is 11.1. The van der Waals surface area contributed by atoms with Crippen molar-refractivity contribution < 1.29 is 9.59 Å². The van der Waals surface area contributed by atoms with E-state index >= 15 is 0 Å². The molecule has 1 fully saturated rings. The van der Waals surface area contributed by atoms with E-state index in [4.69, 9.17) is 0 Å². The highest BCUT2D eigenvalue weighted by molar-refractivity contribution is 7.08. The van der Waals surface area contributed by atoms with Crippen molar-refractivity contribution in [3.8, 4) is 0 Å². The van der Waals surface area contributed by atoms with Crippen molar-refractivity contribution in [1.29, 1.82) is 0 Å². The summed E-state index contributed by atoms with van der Waals surface area (Å²) in [5.74, 6) is -0.0809. The Bertz CT molecular complexity index is 756. The summed E-state index contributed by atoms with van der Waals surface area (Å²) in [4.78, 5) is 26.7. The van der Waals surface area contributed by atoms with E-state index in [2.05, 4.69) is 14.9 Å². The van der Waals surface area contributed by atoms with E-state index in [-0.39, 0.29) is 11.8 Å². The van der Waals surface area contributed by atoms with E-state index < -0.39 is 0 Å². The number of nitrogens with zero attached hydrogens (tertiary/aromatic N) is 3. The van der Waals surface area contributed by atoms with Gasteiger partial charge >= 0.3 is 0 Å². The lowest BCUT2D eigenvalue weighted by atomic mass is 10.1. The van der Waals surface area contributed by atoms with Crippen LogP contribution in [0.3, 0.4) is 0 Å². The fourth-order valence-corrected chi connectivity index (χ4v) is 3.22. The molecule has 1 N–H and O–H groups in total. The molecule has 1 saturated heterocycles. The normalized spacial score (nSPS) is 14.9. The molecule has 0 saturated carbocycles. The van der Waals surface area contributed by atoms with Crippen LogP contribution in [0.4, 0.5) is 11.4 Å². The Hall–Kier alpha value is -2.28. The Morgan fingerprint density at radius 2 is 2.13 bits per heavy atom. The summed E-state index contributed by atoms with van der Waals surface area (Å²) < 4.78 is 3.78. The minimum Gasteiger partial charge on any atom is -0.321 e. The Morgan fingerprint density at radius 1 is 1.30 bits per heavy atom. The van der Waals surface area contributed by atoms with E-state index in [1.807, 2.05) is 30.0 Å². The molecule has 1 aromatic carbocycles. The number of amides is 2. The molecule has 0 bridgehead atoms. The summed E-state index contributed by atoms with van der Waals surface area (Å²) in [7, 11) is 0. The number of nitrogens with one attached hydrogen (secondary N) is 1. The average molecular weight is 330 g/mol. The number of aryl methyl sites for hydroxylation is 2. The molecule has 2 heterocycles. The Morgan fingerprint density at radius 3 is 2.83 bits per heavy atom. The number of hydrogen-bond acceptors (Lipinski definition) is 5. The molecule has 120 valence electrons. The number of carbonyl (C=O) groups is 2. The van der Waals surface area contributed by atoms with Crippen LogP contribution in [0, 0.1) is 13.8 Å². The summed E-state index contributed by atoms with van der Waals surface area (Å²) in [6.07, 6.45) is 2.54. The van der Waals surface area contributed by atoms with Gasteiger partial charge in [-0.1, -0.05) is 10.6 Å². The molecule has 2 aromatic rings. The van der Waals surface area contributed by atoms with Gasteiger partial charge < -0.3 is 10.2 Å².